The molecule has 0 amide bonds. The molecule has 25 heavy (non-hydrogen) atoms. The second-order valence-corrected chi connectivity index (χ2v) is 7.54. The molecule has 1 heterocycles. The molecule has 1 fully saturated rings. The number of rotatable bonds is 3. The maximum Gasteiger partial charge on any atom is 0.161 e. The number of aliphatic hydroxyl groups excluding tert-OH is 1. The van der Waals surface area contributed by atoms with E-state index >= 15 is 0 Å². The van der Waals surface area contributed by atoms with Crippen molar-refractivity contribution in [1.29, 1.82) is 0 Å². The standard InChI is InChI=1S/C21H27N3O/c1-14-6-8-15(9-7-14)20-23-19-5-3-2-4-18(19)21(24-20)22-16-10-12-17(25)13-11-16/h6-9,16-17,25H,2-5,10-13H2,1H3,(H,22,23,24). The van der Waals surface area contributed by atoms with Gasteiger partial charge in [-0.05, 0) is 58.3 Å². The summed E-state index contributed by atoms with van der Waals surface area (Å²) in [5.74, 6) is 1.86. The monoisotopic (exact) mass is 337 g/mol. The third-order valence-corrected chi connectivity index (χ3v) is 5.53. The van der Waals surface area contributed by atoms with Gasteiger partial charge in [-0.25, -0.2) is 9.97 Å². The third kappa shape index (κ3) is 3.69. The molecular formula is C21H27N3O. The SMILES string of the molecule is Cc1ccc(-c2nc3c(c(NC4CCC(O)CC4)n2)CCCC3)cc1. The Balaban J connectivity index is 1.66. The first kappa shape index (κ1) is 16.5. The molecule has 0 saturated heterocycles. The molecule has 0 atom stereocenters. The molecule has 0 unspecified atom stereocenters. The van der Waals surface area contributed by atoms with Crippen LogP contribution in [-0.2, 0) is 12.8 Å². The summed E-state index contributed by atoms with van der Waals surface area (Å²) in [5.41, 5.74) is 4.87. The van der Waals surface area contributed by atoms with Gasteiger partial charge in [0.05, 0.1) is 6.10 Å². The van der Waals surface area contributed by atoms with Crippen LogP contribution in [0.2, 0.25) is 0 Å². The first-order valence-electron chi connectivity index (χ1n) is 9.60. The average Bonchev–Trinajstić information content (AvgIpc) is 2.64. The number of anilines is 1. The molecule has 4 nitrogen and oxygen atoms in total. The van der Waals surface area contributed by atoms with Gasteiger partial charge in [-0.15, -0.1) is 0 Å². The Morgan fingerprint density at radius 1 is 0.960 bits per heavy atom. The lowest BCUT2D eigenvalue weighted by molar-refractivity contribution is 0.126. The highest BCUT2D eigenvalue weighted by molar-refractivity contribution is 5.61. The maximum absolute atomic E-state index is 9.75. The van der Waals surface area contributed by atoms with Crippen molar-refractivity contribution in [2.24, 2.45) is 0 Å². The third-order valence-electron chi connectivity index (χ3n) is 5.53. The lowest BCUT2D eigenvalue weighted by Crippen LogP contribution is -2.29. The summed E-state index contributed by atoms with van der Waals surface area (Å²) in [4.78, 5) is 9.80. The average molecular weight is 337 g/mol. The Kier molecular flexibility index (Phi) is 4.71. The van der Waals surface area contributed by atoms with Gasteiger partial charge < -0.3 is 10.4 Å². The Bertz CT molecular complexity index is 734. The normalized spacial score (nSPS) is 23.1. The zero-order chi connectivity index (χ0) is 17.2. The molecule has 132 valence electrons. The van der Waals surface area contributed by atoms with Gasteiger partial charge in [0.15, 0.2) is 5.82 Å². The fourth-order valence-electron chi connectivity index (χ4n) is 3.96. The molecule has 4 heteroatoms. The van der Waals surface area contributed by atoms with E-state index in [0.29, 0.717) is 6.04 Å². The van der Waals surface area contributed by atoms with Crippen LogP contribution >= 0.6 is 0 Å². The van der Waals surface area contributed by atoms with Crippen molar-refractivity contribution in [3.63, 3.8) is 0 Å². The fourth-order valence-corrected chi connectivity index (χ4v) is 3.96. The highest BCUT2D eigenvalue weighted by atomic mass is 16.3. The van der Waals surface area contributed by atoms with E-state index in [2.05, 4.69) is 36.5 Å². The van der Waals surface area contributed by atoms with E-state index in [9.17, 15) is 5.11 Å². The van der Waals surface area contributed by atoms with Gasteiger partial charge in [-0.3, -0.25) is 0 Å². The number of hydrogen-bond donors (Lipinski definition) is 2. The number of aromatic nitrogens is 2. The van der Waals surface area contributed by atoms with Gasteiger partial charge in [0, 0.05) is 22.9 Å². The molecular weight excluding hydrogens is 310 g/mol. The second kappa shape index (κ2) is 7.12. The highest BCUT2D eigenvalue weighted by Crippen LogP contribution is 2.30. The molecule has 2 aliphatic carbocycles. The molecule has 4 rings (SSSR count). The number of aliphatic hydroxyl groups is 1. The number of nitrogens with one attached hydrogen (secondary N) is 1. The van der Waals surface area contributed by atoms with Gasteiger partial charge in [-0.2, -0.15) is 0 Å². The molecule has 2 aromatic rings. The lowest BCUT2D eigenvalue weighted by atomic mass is 9.92. The number of nitrogens with zero attached hydrogens (tertiary/aromatic N) is 2. The maximum atomic E-state index is 9.75. The van der Waals surface area contributed by atoms with Crippen molar-refractivity contribution < 1.29 is 5.11 Å². The van der Waals surface area contributed by atoms with Crippen LogP contribution in [0.1, 0.15) is 55.3 Å². The molecule has 1 aromatic heterocycles. The van der Waals surface area contributed by atoms with E-state index in [4.69, 9.17) is 9.97 Å². The van der Waals surface area contributed by atoms with Gasteiger partial charge in [0.1, 0.15) is 5.82 Å². The molecule has 2 N–H and O–H groups in total. The van der Waals surface area contributed by atoms with Crippen molar-refractivity contribution in [2.45, 2.75) is 70.4 Å². The van der Waals surface area contributed by atoms with Crippen LogP contribution in [-0.4, -0.2) is 27.2 Å². The Morgan fingerprint density at radius 3 is 2.44 bits per heavy atom. The highest BCUT2D eigenvalue weighted by Gasteiger charge is 2.23. The van der Waals surface area contributed by atoms with Gasteiger partial charge in [0.25, 0.3) is 0 Å². The minimum absolute atomic E-state index is 0.125. The van der Waals surface area contributed by atoms with Crippen molar-refractivity contribution in [3.05, 3.63) is 41.1 Å². The van der Waals surface area contributed by atoms with Crippen LogP contribution in [0.15, 0.2) is 24.3 Å². The lowest BCUT2D eigenvalue weighted by Gasteiger charge is -2.28. The predicted molar refractivity (Wildman–Crippen MR) is 101 cm³/mol. The number of aryl methyl sites for hydroxylation is 2. The summed E-state index contributed by atoms with van der Waals surface area (Å²) < 4.78 is 0. The van der Waals surface area contributed by atoms with E-state index < -0.39 is 0 Å². The first-order chi connectivity index (χ1) is 12.2. The van der Waals surface area contributed by atoms with Crippen LogP contribution in [0.5, 0.6) is 0 Å². The van der Waals surface area contributed by atoms with Crippen LogP contribution in [0.4, 0.5) is 5.82 Å². The summed E-state index contributed by atoms with van der Waals surface area (Å²) in [7, 11) is 0. The largest absolute Gasteiger partial charge is 0.393 e. The van der Waals surface area contributed by atoms with Gasteiger partial charge >= 0.3 is 0 Å². The van der Waals surface area contributed by atoms with E-state index in [1.165, 1.54) is 29.7 Å². The molecule has 0 bridgehead atoms. The van der Waals surface area contributed by atoms with Crippen LogP contribution in [0.3, 0.4) is 0 Å². The predicted octanol–water partition coefficient (Wildman–Crippen LogP) is 4.05. The number of fused-ring (bicyclic) bond motifs is 1. The van der Waals surface area contributed by atoms with E-state index in [0.717, 1.165) is 55.7 Å². The summed E-state index contributed by atoms with van der Waals surface area (Å²) in [6.45, 7) is 2.10. The van der Waals surface area contributed by atoms with Crippen LogP contribution < -0.4 is 5.32 Å². The zero-order valence-corrected chi connectivity index (χ0v) is 15.0. The number of hydrogen-bond acceptors (Lipinski definition) is 4. The molecule has 1 aromatic carbocycles. The minimum atomic E-state index is -0.125. The minimum Gasteiger partial charge on any atom is -0.393 e. The Morgan fingerprint density at radius 2 is 1.68 bits per heavy atom. The Hall–Kier alpha value is -1.94. The Labute approximate surface area is 149 Å². The topological polar surface area (TPSA) is 58.0 Å². The van der Waals surface area contributed by atoms with Gasteiger partial charge in [-0.1, -0.05) is 29.8 Å². The molecule has 2 aliphatic rings. The second-order valence-electron chi connectivity index (χ2n) is 7.54. The molecule has 0 spiro atoms. The fraction of sp³-hybridized carbons (Fsp3) is 0.524. The van der Waals surface area contributed by atoms with Crippen molar-refractivity contribution in [3.8, 4) is 11.4 Å². The van der Waals surface area contributed by atoms with E-state index in [-0.39, 0.29) is 6.10 Å². The van der Waals surface area contributed by atoms with Crippen LogP contribution in [0.25, 0.3) is 11.4 Å². The molecule has 0 radical (unpaired) electrons. The molecule has 1 saturated carbocycles. The summed E-state index contributed by atoms with van der Waals surface area (Å²) >= 11 is 0. The quantitative estimate of drug-likeness (QED) is 0.887. The van der Waals surface area contributed by atoms with Crippen molar-refractivity contribution >= 4 is 5.82 Å². The smallest absolute Gasteiger partial charge is 0.161 e. The van der Waals surface area contributed by atoms with E-state index in [1.807, 2.05) is 0 Å². The number of benzene rings is 1. The first-order valence-corrected chi connectivity index (χ1v) is 9.60. The van der Waals surface area contributed by atoms with Crippen molar-refractivity contribution in [1.82, 2.24) is 9.97 Å². The van der Waals surface area contributed by atoms with Crippen LogP contribution in [0, 0.1) is 6.92 Å². The zero-order valence-electron chi connectivity index (χ0n) is 15.0. The van der Waals surface area contributed by atoms with Crippen molar-refractivity contribution in [2.75, 3.05) is 5.32 Å². The van der Waals surface area contributed by atoms with E-state index in [1.54, 1.807) is 0 Å². The molecule has 0 aliphatic heterocycles. The summed E-state index contributed by atoms with van der Waals surface area (Å²) in [6.07, 6.45) is 8.23. The summed E-state index contributed by atoms with van der Waals surface area (Å²) in [6, 6.07) is 8.87. The summed E-state index contributed by atoms with van der Waals surface area (Å²) in [5, 5.41) is 13.4. The van der Waals surface area contributed by atoms with Gasteiger partial charge in [0.2, 0.25) is 0 Å².